The Balaban J connectivity index is 0.00000512. The van der Waals surface area contributed by atoms with E-state index >= 15 is 0 Å². The Bertz CT molecular complexity index is 973. The fourth-order valence-electron chi connectivity index (χ4n) is 3.03. The van der Waals surface area contributed by atoms with Gasteiger partial charge in [-0.15, -0.1) is 0 Å². The SMILES string of the molecule is CC=NC(CNCC(=O)Nc1cc(-c2cccc(CC)c2)cnc1C(=O)CC)=NCC.[HH]. The van der Waals surface area contributed by atoms with Gasteiger partial charge in [-0.3, -0.25) is 19.6 Å². The lowest BCUT2D eigenvalue weighted by Crippen LogP contribution is -2.32. The number of amidine groups is 1. The predicted molar refractivity (Wildman–Crippen MR) is 129 cm³/mol. The molecule has 0 radical (unpaired) electrons. The third-order valence-corrected chi connectivity index (χ3v) is 4.60. The molecule has 2 N–H and O–H groups in total. The van der Waals surface area contributed by atoms with Gasteiger partial charge in [-0.1, -0.05) is 38.1 Å². The molecule has 0 saturated carbocycles. The molecule has 31 heavy (non-hydrogen) atoms. The van der Waals surface area contributed by atoms with Crippen LogP contribution in [0.25, 0.3) is 11.1 Å². The highest BCUT2D eigenvalue weighted by Gasteiger charge is 2.15. The maximum Gasteiger partial charge on any atom is 0.238 e. The van der Waals surface area contributed by atoms with E-state index in [2.05, 4.69) is 44.7 Å². The molecular formula is C24H33N5O2. The van der Waals surface area contributed by atoms with Crippen LogP contribution in [0.4, 0.5) is 5.69 Å². The van der Waals surface area contributed by atoms with E-state index in [9.17, 15) is 9.59 Å². The van der Waals surface area contributed by atoms with Gasteiger partial charge in [-0.25, -0.2) is 4.99 Å². The number of Topliss-reactive ketones (excluding diaryl/α,β-unsaturated/α-hetero) is 1. The molecule has 1 heterocycles. The quantitative estimate of drug-likeness (QED) is 0.340. The van der Waals surface area contributed by atoms with Gasteiger partial charge in [0.25, 0.3) is 0 Å². The second-order valence-corrected chi connectivity index (χ2v) is 6.88. The zero-order valence-electron chi connectivity index (χ0n) is 18.7. The van der Waals surface area contributed by atoms with E-state index in [-0.39, 0.29) is 25.4 Å². The molecule has 0 aliphatic carbocycles. The van der Waals surface area contributed by atoms with Crippen molar-refractivity contribution in [3.05, 3.63) is 47.8 Å². The molecule has 166 valence electrons. The smallest absolute Gasteiger partial charge is 0.238 e. The zero-order valence-corrected chi connectivity index (χ0v) is 18.7. The maximum absolute atomic E-state index is 12.5. The number of anilines is 1. The van der Waals surface area contributed by atoms with Gasteiger partial charge in [0.05, 0.1) is 18.8 Å². The minimum atomic E-state index is -0.261. The Hall–Kier alpha value is -3.19. The van der Waals surface area contributed by atoms with Crippen molar-refractivity contribution >= 4 is 29.4 Å². The van der Waals surface area contributed by atoms with Crippen molar-refractivity contribution in [1.82, 2.24) is 10.3 Å². The van der Waals surface area contributed by atoms with Crippen molar-refractivity contribution in [2.75, 3.05) is 25.0 Å². The average Bonchev–Trinajstić information content (AvgIpc) is 2.78. The van der Waals surface area contributed by atoms with E-state index in [4.69, 9.17) is 0 Å². The number of benzene rings is 1. The highest BCUT2D eigenvalue weighted by Crippen LogP contribution is 2.25. The summed E-state index contributed by atoms with van der Waals surface area (Å²) < 4.78 is 0. The summed E-state index contributed by atoms with van der Waals surface area (Å²) in [5, 5.41) is 5.88. The van der Waals surface area contributed by atoms with Crippen LogP contribution in [0.1, 0.15) is 51.6 Å². The summed E-state index contributed by atoms with van der Waals surface area (Å²) in [6.45, 7) is 8.70. The summed E-state index contributed by atoms with van der Waals surface area (Å²) in [4.78, 5) is 37.7. The molecule has 1 aromatic heterocycles. The standard InChI is InChI=1S/C24H31N5O2.H2/c1-5-17-10-9-11-18(12-17)19-13-20(24(28-14-19)21(30)6-2)29-23(31)16-25-15-22(26-7-3)27-8-4;/h7,9-14,25H,5-6,8,15-16H2,1-4H3,(H,29,31);1H. The zero-order chi connectivity index (χ0) is 22.6. The summed E-state index contributed by atoms with van der Waals surface area (Å²) in [5.41, 5.74) is 3.75. The molecule has 0 unspecified atom stereocenters. The van der Waals surface area contributed by atoms with Gasteiger partial charge in [0.15, 0.2) is 5.78 Å². The van der Waals surface area contributed by atoms with Gasteiger partial charge in [0.2, 0.25) is 5.91 Å². The summed E-state index contributed by atoms with van der Waals surface area (Å²) in [5.74, 6) is 0.258. The number of rotatable bonds is 10. The first kappa shape index (κ1) is 24.1. The summed E-state index contributed by atoms with van der Waals surface area (Å²) >= 11 is 0. The molecule has 1 aromatic carbocycles. The van der Waals surface area contributed by atoms with Crippen LogP contribution < -0.4 is 10.6 Å². The van der Waals surface area contributed by atoms with E-state index in [1.807, 2.05) is 32.0 Å². The number of aryl methyl sites for hydroxylation is 1. The van der Waals surface area contributed by atoms with Crippen LogP contribution in [-0.4, -0.2) is 48.4 Å². The van der Waals surface area contributed by atoms with Gasteiger partial charge in [-0.05, 0) is 37.5 Å². The van der Waals surface area contributed by atoms with Crippen molar-refractivity contribution in [3.63, 3.8) is 0 Å². The predicted octanol–water partition coefficient (Wildman–Crippen LogP) is 4.19. The molecule has 2 rings (SSSR count). The summed E-state index contributed by atoms with van der Waals surface area (Å²) in [6, 6.07) is 9.96. The number of hydrogen-bond donors (Lipinski definition) is 2. The van der Waals surface area contributed by atoms with Gasteiger partial charge in [0, 0.05) is 32.4 Å². The fraction of sp³-hybridized carbons (Fsp3) is 0.375. The number of aliphatic imine (C=N–C) groups is 2. The van der Waals surface area contributed by atoms with Crippen LogP contribution in [-0.2, 0) is 11.2 Å². The number of nitrogens with one attached hydrogen (secondary N) is 2. The monoisotopic (exact) mass is 423 g/mol. The maximum atomic E-state index is 12.5. The van der Waals surface area contributed by atoms with Gasteiger partial charge in [-0.2, -0.15) is 0 Å². The molecule has 1 amide bonds. The van der Waals surface area contributed by atoms with Crippen LogP contribution in [0, 0.1) is 0 Å². The van der Waals surface area contributed by atoms with Crippen LogP contribution in [0.5, 0.6) is 0 Å². The van der Waals surface area contributed by atoms with Crippen molar-refractivity contribution < 1.29 is 11.0 Å². The molecule has 7 nitrogen and oxygen atoms in total. The van der Waals surface area contributed by atoms with Crippen molar-refractivity contribution in [2.45, 2.75) is 40.5 Å². The molecule has 0 atom stereocenters. The minimum absolute atomic E-state index is 0. The molecule has 7 heteroatoms. The number of nitrogens with zero attached hydrogens (tertiary/aromatic N) is 3. The lowest BCUT2D eigenvalue weighted by atomic mass is 10.0. The van der Waals surface area contributed by atoms with Crippen LogP contribution in [0.2, 0.25) is 0 Å². The normalized spacial score (nSPS) is 11.7. The highest BCUT2D eigenvalue weighted by atomic mass is 16.2. The molecule has 0 aliphatic rings. The molecule has 0 spiro atoms. The first-order valence-corrected chi connectivity index (χ1v) is 10.7. The van der Waals surface area contributed by atoms with Crippen molar-refractivity contribution in [3.8, 4) is 11.1 Å². The van der Waals surface area contributed by atoms with Gasteiger partial charge >= 0.3 is 0 Å². The largest absolute Gasteiger partial charge is 0.323 e. The molecule has 0 saturated heterocycles. The van der Waals surface area contributed by atoms with E-state index in [1.165, 1.54) is 5.56 Å². The van der Waals surface area contributed by atoms with E-state index in [0.717, 1.165) is 17.5 Å². The lowest BCUT2D eigenvalue weighted by molar-refractivity contribution is -0.115. The van der Waals surface area contributed by atoms with E-state index in [1.54, 1.807) is 19.3 Å². The number of hydrogen-bond acceptors (Lipinski definition) is 5. The molecule has 2 aromatic rings. The molecule has 0 aliphatic heterocycles. The number of carbonyl (C=O) groups is 2. The van der Waals surface area contributed by atoms with Gasteiger partial charge < -0.3 is 10.6 Å². The van der Waals surface area contributed by atoms with Crippen molar-refractivity contribution in [2.24, 2.45) is 9.98 Å². The average molecular weight is 424 g/mol. The Labute approximate surface area is 185 Å². The topological polar surface area (TPSA) is 95.8 Å². The Morgan fingerprint density at radius 1 is 1.13 bits per heavy atom. The highest BCUT2D eigenvalue weighted by molar-refractivity contribution is 6.04. The second kappa shape index (κ2) is 12.5. The third kappa shape index (κ3) is 7.22. The minimum Gasteiger partial charge on any atom is -0.323 e. The van der Waals surface area contributed by atoms with E-state index < -0.39 is 0 Å². The summed E-state index contributed by atoms with van der Waals surface area (Å²) in [6.07, 6.45) is 4.59. The van der Waals surface area contributed by atoms with Crippen molar-refractivity contribution in [1.29, 1.82) is 0 Å². The Morgan fingerprint density at radius 3 is 2.61 bits per heavy atom. The second-order valence-electron chi connectivity index (χ2n) is 6.88. The number of carbonyl (C=O) groups excluding carboxylic acids is 2. The lowest BCUT2D eigenvalue weighted by Gasteiger charge is -2.12. The number of aromatic nitrogens is 1. The Kier molecular flexibility index (Phi) is 9.71. The molecule has 0 bridgehead atoms. The Morgan fingerprint density at radius 2 is 1.94 bits per heavy atom. The van der Waals surface area contributed by atoms with Crippen LogP contribution in [0.15, 0.2) is 46.5 Å². The van der Waals surface area contributed by atoms with E-state index in [0.29, 0.717) is 31.0 Å². The molecule has 0 fully saturated rings. The first-order chi connectivity index (χ1) is 15.0. The third-order valence-electron chi connectivity index (χ3n) is 4.60. The van der Waals surface area contributed by atoms with Crippen LogP contribution in [0.3, 0.4) is 0 Å². The van der Waals surface area contributed by atoms with Gasteiger partial charge in [0.1, 0.15) is 11.5 Å². The van der Waals surface area contributed by atoms with Crippen LogP contribution >= 0.6 is 0 Å². The fourth-order valence-corrected chi connectivity index (χ4v) is 3.03. The molecular weight excluding hydrogens is 390 g/mol. The number of amides is 1. The summed E-state index contributed by atoms with van der Waals surface area (Å²) in [7, 11) is 0. The number of pyridine rings is 1. The first-order valence-electron chi connectivity index (χ1n) is 10.7. The number of ketones is 1.